The van der Waals surface area contributed by atoms with Crippen LogP contribution in [0.3, 0.4) is 0 Å². The number of rotatable bonds is 10. The summed E-state index contributed by atoms with van der Waals surface area (Å²) in [4.78, 5) is 41.7. The van der Waals surface area contributed by atoms with Crippen LogP contribution in [0.25, 0.3) is 0 Å². The van der Waals surface area contributed by atoms with Crippen molar-refractivity contribution in [3.63, 3.8) is 0 Å². The summed E-state index contributed by atoms with van der Waals surface area (Å²) < 4.78 is 5.40. The van der Waals surface area contributed by atoms with Gasteiger partial charge in [0.25, 0.3) is 0 Å². The van der Waals surface area contributed by atoms with Gasteiger partial charge in [0.15, 0.2) is 0 Å². The number of nitrogens with zero attached hydrogens (tertiary/aromatic N) is 1. The van der Waals surface area contributed by atoms with E-state index in [-0.39, 0.29) is 31.0 Å². The third kappa shape index (κ3) is 9.08. The number of alkyl carbamates (subject to hydrolysis) is 1. The van der Waals surface area contributed by atoms with E-state index >= 15 is 0 Å². The van der Waals surface area contributed by atoms with Crippen molar-refractivity contribution in [3.05, 3.63) is 35.4 Å². The molecule has 3 atom stereocenters. The van der Waals surface area contributed by atoms with Crippen LogP contribution in [0.5, 0.6) is 0 Å². The van der Waals surface area contributed by atoms with E-state index in [0.29, 0.717) is 17.5 Å². The topological polar surface area (TPSA) is 108 Å². The highest BCUT2D eigenvalue weighted by Crippen LogP contribution is 2.26. The zero-order chi connectivity index (χ0) is 27.6. The lowest BCUT2D eigenvalue weighted by molar-refractivity contribution is -0.144. The number of carbonyl (C=O) groups excluding carboxylic acids is 3. The number of aliphatic hydroxyl groups is 1. The van der Waals surface area contributed by atoms with E-state index in [1.807, 2.05) is 13.8 Å². The van der Waals surface area contributed by atoms with E-state index in [0.717, 1.165) is 32.1 Å². The van der Waals surface area contributed by atoms with Crippen LogP contribution < -0.4 is 10.6 Å². The number of benzene rings is 1. The van der Waals surface area contributed by atoms with Crippen LogP contribution in [-0.4, -0.2) is 58.8 Å². The first-order valence-corrected chi connectivity index (χ1v) is 13.3. The minimum absolute atomic E-state index is 0.0325. The van der Waals surface area contributed by atoms with Gasteiger partial charge in [-0.3, -0.25) is 9.59 Å². The van der Waals surface area contributed by atoms with Crippen molar-refractivity contribution in [2.75, 3.05) is 13.2 Å². The second-order valence-corrected chi connectivity index (χ2v) is 10.8. The van der Waals surface area contributed by atoms with E-state index in [1.165, 1.54) is 4.90 Å². The molecule has 0 saturated heterocycles. The van der Waals surface area contributed by atoms with Crippen LogP contribution >= 0.6 is 0 Å². The van der Waals surface area contributed by atoms with Crippen LogP contribution in [0.4, 0.5) is 4.79 Å². The molecule has 1 fully saturated rings. The molecule has 3 unspecified atom stereocenters. The minimum Gasteiger partial charge on any atom is -0.444 e. The zero-order valence-corrected chi connectivity index (χ0v) is 22.9. The van der Waals surface area contributed by atoms with E-state index in [9.17, 15) is 19.5 Å². The number of terminal acetylenes is 1. The number of hydrogen-bond donors (Lipinski definition) is 3. The molecule has 1 aromatic carbocycles. The van der Waals surface area contributed by atoms with Gasteiger partial charge in [-0.25, -0.2) is 4.79 Å². The number of nitrogens with one attached hydrogen (secondary N) is 2. The first-order chi connectivity index (χ1) is 17.5. The summed E-state index contributed by atoms with van der Waals surface area (Å²) in [5, 5.41) is 15.8. The van der Waals surface area contributed by atoms with E-state index in [4.69, 9.17) is 11.2 Å². The predicted molar refractivity (Wildman–Crippen MR) is 144 cm³/mol. The van der Waals surface area contributed by atoms with Gasteiger partial charge in [-0.15, -0.1) is 6.42 Å². The summed E-state index contributed by atoms with van der Waals surface area (Å²) >= 11 is 0. The molecule has 0 aliphatic heterocycles. The second-order valence-electron chi connectivity index (χ2n) is 10.8. The van der Waals surface area contributed by atoms with Gasteiger partial charge in [0, 0.05) is 18.2 Å². The predicted octanol–water partition coefficient (Wildman–Crippen LogP) is 3.92. The van der Waals surface area contributed by atoms with Gasteiger partial charge in [-0.1, -0.05) is 57.6 Å². The highest BCUT2D eigenvalue weighted by atomic mass is 16.6. The Morgan fingerprint density at radius 3 is 2.30 bits per heavy atom. The Morgan fingerprint density at radius 2 is 1.78 bits per heavy atom. The largest absolute Gasteiger partial charge is 0.444 e. The summed E-state index contributed by atoms with van der Waals surface area (Å²) in [6.07, 6.45) is 10.4. The summed E-state index contributed by atoms with van der Waals surface area (Å²) in [6.45, 7) is 8.59. The SMILES string of the molecule is C#Cc1ccc(C(C(=O)NC2CCCCC2)N(CCO)C(=O)C(NC(=O)OC(C)(C)C)C(C)CC)cc1. The van der Waals surface area contributed by atoms with Crippen LogP contribution in [0, 0.1) is 18.3 Å². The molecule has 0 heterocycles. The van der Waals surface area contributed by atoms with Crippen LogP contribution in [0.15, 0.2) is 24.3 Å². The quantitative estimate of drug-likeness (QED) is 0.411. The van der Waals surface area contributed by atoms with Crippen molar-refractivity contribution < 1.29 is 24.2 Å². The molecule has 0 radical (unpaired) electrons. The number of hydrogen-bond acceptors (Lipinski definition) is 5. The summed E-state index contributed by atoms with van der Waals surface area (Å²) in [7, 11) is 0. The van der Waals surface area contributed by atoms with Crippen molar-refractivity contribution >= 4 is 17.9 Å². The summed E-state index contributed by atoms with van der Waals surface area (Å²) in [5.41, 5.74) is 0.493. The molecule has 37 heavy (non-hydrogen) atoms. The molecule has 8 nitrogen and oxygen atoms in total. The third-order valence-corrected chi connectivity index (χ3v) is 6.68. The van der Waals surface area contributed by atoms with E-state index in [1.54, 1.807) is 45.0 Å². The fourth-order valence-electron chi connectivity index (χ4n) is 4.53. The molecule has 3 N–H and O–H groups in total. The summed E-state index contributed by atoms with van der Waals surface area (Å²) in [6, 6.07) is 5.01. The van der Waals surface area contributed by atoms with Gasteiger partial charge in [0.05, 0.1) is 6.61 Å². The Morgan fingerprint density at radius 1 is 1.16 bits per heavy atom. The molecule has 1 aliphatic rings. The Bertz CT molecular complexity index is 942. The molecule has 2 rings (SSSR count). The second kappa shape index (κ2) is 14.0. The maximum atomic E-state index is 14.0. The Kier molecular flexibility index (Phi) is 11.4. The number of aliphatic hydroxyl groups excluding tert-OH is 1. The van der Waals surface area contributed by atoms with Crippen molar-refractivity contribution in [2.24, 2.45) is 5.92 Å². The molecule has 8 heteroatoms. The van der Waals surface area contributed by atoms with Gasteiger partial charge in [-0.2, -0.15) is 0 Å². The first-order valence-electron chi connectivity index (χ1n) is 13.3. The Labute approximate surface area is 221 Å². The molecule has 1 aliphatic carbocycles. The van der Waals surface area contributed by atoms with Gasteiger partial charge in [0.1, 0.15) is 17.7 Å². The van der Waals surface area contributed by atoms with Crippen molar-refractivity contribution in [3.8, 4) is 12.3 Å². The molecular formula is C29H43N3O5. The van der Waals surface area contributed by atoms with Gasteiger partial charge < -0.3 is 25.4 Å². The average molecular weight is 514 g/mol. The molecule has 3 amide bonds. The highest BCUT2D eigenvalue weighted by Gasteiger charge is 2.38. The minimum atomic E-state index is -1.000. The Balaban J connectivity index is 2.45. The molecule has 0 spiro atoms. The zero-order valence-electron chi connectivity index (χ0n) is 22.9. The van der Waals surface area contributed by atoms with Crippen molar-refractivity contribution in [2.45, 2.75) is 96.9 Å². The number of ether oxygens (including phenoxy) is 1. The molecule has 1 saturated carbocycles. The molecule has 0 bridgehead atoms. The normalized spacial score (nSPS) is 16.6. The standard InChI is InChI=1S/C29H43N3O5/c1-7-20(3)24(31-28(36)37-29(4,5)6)27(35)32(18-19-33)25(22-16-14-21(8-2)15-17-22)26(34)30-23-12-10-9-11-13-23/h2,14-17,20,23-25,33H,7,9-13,18-19H2,1,3-6H3,(H,30,34)(H,31,36). The number of carbonyl (C=O) groups is 3. The van der Waals surface area contributed by atoms with Crippen molar-refractivity contribution in [1.82, 2.24) is 15.5 Å². The highest BCUT2D eigenvalue weighted by molar-refractivity contribution is 5.92. The molecule has 0 aromatic heterocycles. The van der Waals surface area contributed by atoms with E-state index < -0.39 is 29.7 Å². The first kappa shape index (κ1) is 30.2. The Hall–Kier alpha value is -3.05. The smallest absolute Gasteiger partial charge is 0.408 e. The fraction of sp³-hybridized carbons (Fsp3) is 0.621. The number of amides is 3. The maximum Gasteiger partial charge on any atom is 0.408 e. The lowest BCUT2D eigenvalue weighted by Crippen LogP contribution is -2.56. The van der Waals surface area contributed by atoms with Crippen LogP contribution in [0.2, 0.25) is 0 Å². The molecule has 204 valence electrons. The van der Waals surface area contributed by atoms with Crippen LogP contribution in [0.1, 0.15) is 90.3 Å². The lowest BCUT2D eigenvalue weighted by Gasteiger charge is -2.36. The van der Waals surface area contributed by atoms with Crippen LogP contribution in [-0.2, 0) is 14.3 Å². The lowest BCUT2D eigenvalue weighted by atomic mass is 9.93. The van der Waals surface area contributed by atoms with Crippen molar-refractivity contribution in [1.29, 1.82) is 0 Å². The van der Waals surface area contributed by atoms with Gasteiger partial charge >= 0.3 is 6.09 Å². The molecular weight excluding hydrogens is 470 g/mol. The monoisotopic (exact) mass is 513 g/mol. The van der Waals surface area contributed by atoms with Gasteiger partial charge in [-0.05, 0) is 57.2 Å². The third-order valence-electron chi connectivity index (χ3n) is 6.68. The fourth-order valence-corrected chi connectivity index (χ4v) is 4.53. The average Bonchev–Trinajstić information content (AvgIpc) is 2.86. The maximum absolute atomic E-state index is 14.0. The van der Waals surface area contributed by atoms with Gasteiger partial charge in [0.2, 0.25) is 11.8 Å². The van der Waals surface area contributed by atoms with E-state index in [2.05, 4.69) is 16.6 Å². The molecule has 1 aromatic rings. The summed E-state index contributed by atoms with van der Waals surface area (Å²) in [5.74, 6) is 1.54.